The SMILES string of the molecule is CCOCCCNC(=O)/C(C#N)=C/c1c(C)nn(-c2cc(C)ccc2C)c1Cl. The molecule has 0 saturated heterocycles. The van der Waals surface area contributed by atoms with Crippen molar-refractivity contribution in [3.63, 3.8) is 0 Å². The first-order valence-corrected chi connectivity index (χ1v) is 9.57. The summed E-state index contributed by atoms with van der Waals surface area (Å²) in [5.41, 5.74) is 4.17. The fraction of sp³-hybridized carbons (Fsp3) is 0.381. The van der Waals surface area contributed by atoms with Gasteiger partial charge in [-0.1, -0.05) is 23.7 Å². The van der Waals surface area contributed by atoms with Crippen LogP contribution in [0.1, 0.15) is 35.7 Å². The van der Waals surface area contributed by atoms with Gasteiger partial charge in [0.15, 0.2) is 0 Å². The summed E-state index contributed by atoms with van der Waals surface area (Å²) in [6, 6.07) is 7.97. The van der Waals surface area contributed by atoms with Crippen LogP contribution in [0.3, 0.4) is 0 Å². The second kappa shape index (κ2) is 10.1. The summed E-state index contributed by atoms with van der Waals surface area (Å²) in [5, 5.41) is 17.0. The molecule has 1 heterocycles. The van der Waals surface area contributed by atoms with Crippen molar-refractivity contribution in [2.75, 3.05) is 19.8 Å². The fourth-order valence-electron chi connectivity index (χ4n) is 2.69. The van der Waals surface area contributed by atoms with E-state index in [1.165, 1.54) is 6.08 Å². The molecule has 6 nitrogen and oxygen atoms in total. The lowest BCUT2D eigenvalue weighted by Gasteiger charge is -2.08. The number of nitrogens with one attached hydrogen (secondary N) is 1. The number of ether oxygens (including phenoxy) is 1. The molecule has 0 aliphatic heterocycles. The Bertz CT molecular complexity index is 925. The van der Waals surface area contributed by atoms with E-state index in [9.17, 15) is 10.1 Å². The standard InChI is InChI=1S/C21H25ClN4O2/c1-5-28-10-6-9-24-21(27)17(13-23)12-18-16(4)25-26(20(18)22)19-11-14(2)7-8-15(19)3/h7-8,11-12H,5-6,9-10H2,1-4H3,(H,24,27)/b17-12+. The van der Waals surface area contributed by atoms with E-state index < -0.39 is 5.91 Å². The van der Waals surface area contributed by atoms with Gasteiger partial charge in [0.1, 0.15) is 16.8 Å². The van der Waals surface area contributed by atoms with Crippen molar-refractivity contribution in [3.8, 4) is 11.8 Å². The summed E-state index contributed by atoms with van der Waals surface area (Å²) in [6.45, 7) is 9.33. The first-order chi connectivity index (χ1) is 13.4. The van der Waals surface area contributed by atoms with Gasteiger partial charge in [-0.3, -0.25) is 4.79 Å². The lowest BCUT2D eigenvalue weighted by atomic mass is 10.1. The van der Waals surface area contributed by atoms with Crippen LogP contribution >= 0.6 is 11.6 Å². The van der Waals surface area contributed by atoms with Gasteiger partial charge in [0.25, 0.3) is 5.91 Å². The van der Waals surface area contributed by atoms with Crippen LogP contribution in [0.4, 0.5) is 0 Å². The van der Waals surface area contributed by atoms with E-state index in [2.05, 4.69) is 10.4 Å². The molecule has 1 N–H and O–H groups in total. The van der Waals surface area contributed by atoms with Crippen molar-refractivity contribution in [2.24, 2.45) is 0 Å². The minimum Gasteiger partial charge on any atom is -0.382 e. The van der Waals surface area contributed by atoms with Gasteiger partial charge in [0, 0.05) is 25.3 Å². The average Bonchev–Trinajstić information content (AvgIpc) is 2.95. The number of carbonyl (C=O) groups excluding carboxylic acids is 1. The highest BCUT2D eigenvalue weighted by Crippen LogP contribution is 2.27. The van der Waals surface area contributed by atoms with Crippen molar-refractivity contribution in [1.82, 2.24) is 15.1 Å². The number of carbonyl (C=O) groups is 1. The molecule has 1 amide bonds. The van der Waals surface area contributed by atoms with Crippen molar-refractivity contribution in [1.29, 1.82) is 5.26 Å². The van der Waals surface area contributed by atoms with Crippen molar-refractivity contribution in [3.05, 3.63) is 51.3 Å². The van der Waals surface area contributed by atoms with Gasteiger partial charge in [-0.25, -0.2) is 4.68 Å². The normalized spacial score (nSPS) is 11.4. The van der Waals surface area contributed by atoms with Gasteiger partial charge in [-0.2, -0.15) is 10.4 Å². The third-order valence-corrected chi connectivity index (χ3v) is 4.61. The minimum absolute atomic E-state index is 0.0121. The second-order valence-electron chi connectivity index (χ2n) is 6.47. The Kier molecular flexibility index (Phi) is 7.80. The molecule has 0 radical (unpaired) electrons. The zero-order valence-electron chi connectivity index (χ0n) is 16.7. The summed E-state index contributed by atoms with van der Waals surface area (Å²) >= 11 is 6.55. The number of benzene rings is 1. The van der Waals surface area contributed by atoms with Gasteiger partial charge in [0.05, 0.1) is 11.4 Å². The first kappa shape index (κ1) is 21.7. The Morgan fingerprint density at radius 3 is 2.82 bits per heavy atom. The highest BCUT2D eigenvalue weighted by Gasteiger charge is 2.17. The van der Waals surface area contributed by atoms with Gasteiger partial charge < -0.3 is 10.1 Å². The molecule has 0 saturated carbocycles. The molecule has 0 atom stereocenters. The van der Waals surface area contributed by atoms with Crippen LogP contribution in [-0.2, 0) is 9.53 Å². The van der Waals surface area contributed by atoms with E-state index in [1.807, 2.05) is 45.0 Å². The smallest absolute Gasteiger partial charge is 0.261 e. The fourth-order valence-corrected chi connectivity index (χ4v) is 3.01. The molecule has 1 aromatic carbocycles. The average molecular weight is 401 g/mol. The molecule has 0 bridgehead atoms. The predicted molar refractivity (Wildman–Crippen MR) is 110 cm³/mol. The van der Waals surface area contributed by atoms with Gasteiger partial charge >= 0.3 is 0 Å². The number of amides is 1. The molecule has 7 heteroatoms. The quantitative estimate of drug-likeness (QED) is 0.414. The molecule has 148 valence electrons. The van der Waals surface area contributed by atoms with Crippen molar-refractivity contribution >= 4 is 23.6 Å². The molecule has 0 aliphatic carbocycles. The molecule has 0 spiro atoms. The Balaban J connectivity index is 2.27. The van der Waals surface area contributed by atoms with Crippen LogP contribution in [0.15, 0.2) is 23.8 Å². The van der Waals surface area contributed by atoms with E-state index in [4.69, 9.17) is 16.3 Å². The summed E-state index contributed by atoms with van der Waals surface area (Å²) in [6.07, 6.45) is 2.17. The van der Waals surface area contributed by atoms with Crippen LogP contribution in [-0.4, -0.2) is 35.4 Å². The number of rotatable bonds is 8. The Hall–Kier alpha value is -2.62. The van der Waals surface area contributed by atoms with Gasteiger partial charge in [-0.15, -0.1) is 0 Å². The molecule has 2 aromatic rings. The van der Waals surface area contributed by atoms with Crippen molar-refractivity contribution < 1.29 is 9.53 Å². The van der Waals surface area contributed by atoms with Crippen LogP contribution in [0.2, 0.25) is 5.15 Å². The van der Waals surface area contributed by atoms with E-state index in [-0.39, 0.29) is 5.57 Å². The molecular formula is C21H25ClN4O2. The molecule has 0 unspecified atom stereocenters. The zero-order chi connectivity index (χ0) is 20.7. The molecule has 0 fully saturated rings. The van der Waals surface area contributed by atoms with Gasteiger partial charge in [-0.05, 0) is 57.4 Å². The lowest BCUT2D eigenvalue weighted by Crippen LogP contribution is -2.26. The van der Waals surface area contributed by atoms with Crippen LogP contribution < -0.4 is 5.32 Å². The van der Waals surface area contributed by atoms with Gasteiger partial charge in [0.2, 0.25) is 0 Å². The maximum atomic E-state index is 12.3. The Labute approximate surface area is 170 Å². The first-order valence-electron chi connectivity index (χ1n) is 9.19. The number of hydrogen-bond donors (Lipinski definition) is 1. The van der Waals surface area contributed by atoms with E-state index in [0.717, 1.165) is 16.8 Å². The highest BCUT2D eigenvalue weighted by atomic mass is 35.5. The Morgan fingerprint density at radius 1 is 1.39 bits per heavy atom. The molecule has 1 aromatic heterocycles. The van der Waals surface area contributed by atoms with Crippen LogP contribution in [0.25, 0.3) is 11.8 Å². The van der Waals surface area contributed by atoms with Crippen molar-refractivity contribution in [2.45, 2.75) is 34.1 Å². The Morgan fingerprint density at radius 2 is 2.14 bits per heavy atom. The maximum Gasteiger partial charge on any atom is 0.261 e. The maximum absolute atomic E-state index is 12.3. The number of aromatic nitrogens is 2. The topological polar surface area (TPSA) is 79.9 Å². The summed E-state index contributed by atoms with van der Waals surface area (Å²) in [7, 11) is 0. The second-order valence-corrected chi connectivity index (χ2v) is 6.83. The van der Waals surface area contributed by atoms with E-state index in [1.54, 1.807) is 11.6 Å². The van der Waals surface area contributed by atoms with E-state index in [0.29, 0.717) is 42.6 Å². The third kappa shape index (κ3) is 5.22. The monoisotopic (exact) mass is 400 g/mol. The summed E-state index contributed by atoms with van der Waals surface area (Å²) < 4.78 is 6.87. The molecule has 0 aliphatic rings. The molecule has 28 heavy (non-hydrogen) atoms. The number of nitriles is 1. The number of hydrogen-bond acceptors (Lipinski definition) is 4. The highest BCUT2D eigenvalue weighted by molar-refractivity contribution is 6.31. The number of halogens is 1. The number of aryl methyl sites for hydroxylation is 3. The van der Waals surface area contributed by atoms with Crippen LogP contribution in [0.5, 0.6) is 0 Å². The number of nitrogens with zero attached hydrogens (tertiary/aromatic N) is 3. The minimum atomic E-state index is -0.436. The van der Waals surface area contributed by atoms with E-state index >= 15 is 0 Å². The molecular weight excluding hydrogens is 376 g/mol. The zero-order valence-corrected chi connectivity index (χ0v) is 17.4. The third-order valence-electron chi connectivity index (χ3n) is 4.25. The summed E-state index contributed by atoms with van der Waals surface area (Å²) in [5.74, 6) is -0.436. The predicted octanol–water partition coefficient (Wildman–Crippen LogP) is 3.90. The lowest BCUT2D eigenvalue weighted by molar-refractivity contribution is -0.117. The summed E-state index contributed by atoms with van der Waals surface area (Å²) in [4.78, 5) is 12.3. The van der Waals surface area contributed by atoms with Crippen LogP contribution in [0, 0.1) is 32.1 Å². The molecule has 2 rings (SSSR count). The largest absolute Gasteiger partial charge is 0.382 e.